The van der Waals surface area contributed by atoms with Crippen LogP contribution in [0.3, 0.4) is 0 Å². The van der Waals surface area contributed by atoms with Gasteiger partial charge in [-0.05, 0) is 0 Å². The van der Waals surface area contributed by atoms with Gasteiger partial charge in [0, 0.05) is 19.5 Å². The number of aliphatic hydroxyl groups is 2. The zero-order chi connectivity index (χ0) is 8.48. The van der Waals surface area contributed by atoms with Crippen LogP contribution in [0.25, 0.3) is 0 Å². The van der Waals surface area contributed by atoms with Crippen LogP contribution in [-0.2, 0) is 4.79 Å². The number of hydrogen-bond donors (Lipinski definition) is 4. The fourth-order valence-electron chi connectivity index (χ4n) is 1.19. The lowest BCUT2D eigenvalue weighted by molar-refractivity contribution is -0.182. The van der Waals surface area contributed by atoms with Gasteiger partial charge in [-0.2, -0.15) is 0 Å². The number of nitrogens with two attached hydrogens (primary N) is 1. The van der Waals surface area contributed by atoms with Gasteiger partial charge in [-0.15, -0.1) is 0 Å². The minimum Gasteiger partial charge on any atom is -0.369 e. The lowest BCUT2D eigenvalue weighted by Gasteiger charge is -2.31. The van der Waals surface area contributed by atoms with Crippen molar-refractivity contribution >= 4 is 5.91 Å². The molecule has 11 heavy (non-hydrogen) atoms. The van der Waals surface area contributed by atoms with Crippen molar-refractivity contribution in [1.29, 1.82) is 0 Å². The molecule has 0 aromatic carbocycles. The molecule has 0 aromatic rings. The smallest absolute Gasteiger partial charge is 0.222 e. The molecule has 64 valence electrons. The molecule has 0 aromatic heterocycles. The summed E-state index contributed by atoms with van der Waals surface area (Å²) >= 11 is 0. The molecule has 1 saturated heterocycles. The van der Waals surface area contributed by atoms with Crippen LogP contribution in [0.2, 0.25) is 0 Å². The Morgan fingerprint density at radius 3 is 2.64 bits per heavy atom. The second-order valence-electron chi connectivity index (χ2n) is 2.92. The second-order valence-corrected chi connectivity index (χ2v) is 2.92. The topological polar surface area (TPSA) is 95.6 Å². The monoisotopic (exact) mass is 160 g/mol. The molecule has 1 rings (SSSR count). The Balaban J connectivity index is 2.53. The molecular formula is C6H12N2O3. The first-order valence-electron chi connectivity index (χ1n) is 3.46. The number of amides is 1. The molecule has 1 atom stereocenters. The van der Waals surface area contributed by atoms with Crippen LogP contribution in [0.15, 0.2) is 0 Å². The number of carbonyl (C=O) groups excluding carboxylic acids is 1. The zero-order valence-corrected chi connectivity index (χ0v) is 6.08. The molecule has 5 N–H and O–H groups in total. The highest BCUT2D eigenvalue weighted by Crippen LogP contribution is 2.17. The van der Waals surface area contributed by atoms with Crippen LogP contribution >= 0.6 is 0 Å². The molecule has 0 spiro atoms. The number of rotatable bonds is 1. The van der Waals surface area contributed by atoms with Crippen molar-refractivity contribution < 1.29 is 15.0 Å². The van der Waals surface area contributed by atoms with E-state index in [1.54, 1.807) is 0 Å². The van der Waals surface area contributed by atoms with E-state index in [0.717, 1.165) is 0 Å². The Labute approximate surface area is 64.2 Å². The molecule has 1 aliphatic heterocycles. The Morgan fingerprint density at radius 2 is 2.27 bits per heavy atom. The molecular weight excluding hydrogens is 148 g/mol. The van der Waals surface area contributed by atoms with Gasteiger partial charge in [-0.3, -0.25) is 4.79 Å². The summed E-state index contributed by atoms with van der Waals surface area (Å²) in [6.07, 6.45) is 0.0231. The predicted molar refractivity (Wildman–Crippen MR) is 37.3 cm³/mol. The molecule has 0 saturated carbocycles. The summed E-state index contributed by atoms with van der Waals surface area (Å²) in [7, 11) is 0. The predicted octanol–water partition coefficient (Wildman–Crippen LogP) is -2.24. The van der Waals surface area contributed by atoms with Crippen LogP contribution < -0.4 is 11.1 Å². The average Bonchev–Trinajstić information content (AvgIpc) is 1.85. The van der Waals surface area contributed by atoms with E-state index in [1.165, 1.54) is 0 Å². The Bertz CT molecular complexity index is 169. The van der Waals surface area contributed by atoms with Crippen LogP contribution in [0.1, 0.15) is 6.42 Å². The number of hydrogen-bond acceptors (Lipinski definition) is 4. The third-order valence-corrected chi connectivity index (χ3v) is 1.77. The van der Waals surface area contributed by atoms with E-state index in [9.17, 15) is 4.79 Å². The molecule has 1 fully saturated rings. The van der Waals surface area contributed by atoms with E-state index in [1.807, 2.05) is 0 Å². The van der Waals surface area contributed by atoms with E-state index >= 15 is 0 Å². The Hall–Kier alpha value is -0.650. The van der Waals surface area contributed by atoms with Crippen molar-refractivity contribution in [1.82, 2.24) is 5.32 Å². The highest BCUT2D eigenvalue weighted by atomic mass is 16.5. The third kappa shape index (κ3) is 2.14. The number of piperidine rings is 1. The minimum absolute atomic E-state index is 0.0231. The maximum absolute atomic E-state index is 10.6. The lowest BCUT2D eigenvalue weighted by Crippen LogP contribution is -2.52. The molecule has 5 heteroatoms. The quantitative estimate of drug-likeness (QED) is 0.326. The number of primary amides is 1. The summed E-state index contributed by atoms with van der Waals surface area (Å²) in [4.78, 5) is 10.6. The van der Waals surface area contributed by atoms with Gasteiger partial charge in [0.05, 0.1) is 5.92 Å². The van der Waals surface area contributed by atoms with E-state index < -0.39 is 17.6 Å². The highest BCUT2D eigenvalue weighted by Gasteiger charge is 2.34. The first-order valence-corrected chi connectivity index (χ1v) is 3.46. The van der Waals surface area contributed by atoms with Gasteiger partial charge in [0.15, 0.2) is 5.79 Å². The largest absolute Gasteiger partial charge is 0.369 e. The zero-order valence-electron chi connectivity index (χ0n) is 6.08. The summed E-state index contributed by atoms with van der Waals surface area (Å²) in [5.74, 6) is -2.75. The fourth-order valence-corrected chi connectivity index (χ4v) is 1.19. The molecule has 1 aliphatic rings. The minimum atomic E-state index is -1.78. The third-order valence-electron chi connectivity index (χ3n) is 1.77. The number of nitrogens with one attached hydrogen (secondary N) is 1. The highest BCUT2D eigenvalue weighted by molar-refractivity contribution is 5.77. The summed E-state index contributed by atoms with van der Waals surface area (Å²) in [5.41, 5.74) is 4.99. The maximum atomic E-state index is 10.6. The first kappa shape index (κ1) is 8.45. The lowest BCUT2D eigenvalue weighted by atomic mass is 9.94. The van der Waals surface area contributed by atoms with E-state index in [4.69, 9.17) is 15.9 Å². The fraction of sp³-hybridized carbons (Fsp3) is 0.833. The standard InChI is InChI=1S/C6H12N2O3/c7-5(9)4-1-6(10,11)3-8-2-4/h4,8,10-11H,1-3H2,(H2,7,9). The number of carbonyl (C=O) groups is 1. The number of β-amino-alcohol motifs (C(OH)–C–C–N with tert-alkyl or cyclic N) is 2. The summed E-state index contributed by atoms with van der Waals surface area (Å²) in [6.45, 7) is 0.523. The average molecular weight is 160 g/mol. The van der Waals surface area contributed by atoms with Crippen LogP contribution in [0, 0.1) is 5.92 Å². The molecule has 5 nitrogen and oxygen atoms in total. The van der Waals surface area contributed by atoms with E-state index in [2.05, 4.69) is 5.32 Å². The molecule has 0 radical (unpaired) electrons. The summed E-state index contributed by atoms with van der Waals surface area (Å²) in [6, 6.07) is 0. The van der Waals surface area contributed by atoms with E-state index in [-0.39, 0.29) is 13.0 Å². The van der Waals surface area contributed by atoms with Crippen LogP contribution in [0.5, 0.6) is 0 Å². The van der Waals surface area contributed by atoms with Crippen LogP contribution in [0.4, 0.5) is 0 Å². The van der Waals surface area contributed by atoms with Gasteiger partial charge in [0.25, 0.3) is 0 Å². The van der Waals surface area contributed by atoms with Crippen molar-refractivity contribution in [2.75, 3.05) is 13.1 Å². The maximum Gasteiger partial charge on any atom is 0.222 e. The van der Waals surface area contributed by atoms with Gasteiger partial charge >= 0.3 is 0 Å². The van der Waals surface area contributed by atoms with Gasteiger partial charge < -0.3 is 21.3 Å². The van der Waals surface area contributed by atoms with Crippen molar-refractivity contribution in [3.05, 3.63) is 0 Å². The molecule has 0 aliphatic carbocycles. The van der Waals surface area contributed by atoms with Crippen molar-refractivity contribution in [3.8, 4) is 0 Å². The van der Waals surface area contributed by atoms with Crippen molar-refractivity contribution in [2.24, 2.45) is 11.7 Å². The van der Waals surface area contributed by atoms with Crippen LogP contribution in [-0.4, -0.2) is 35.0 Å². The van der Waals surface area contributed by atoms with Gasteiger partial charge in [0.1, 0.15) is 0 Å². The summed E-state index contributed by atoms with van der Waals surface area (Å²) < 4.78 is 0. The normalized spacial score (nSPS) is 29.8. The Morgan fingerprint density at radius 1 is 1.64 bits per heavy atom. The molecule has 1 heterocycles. The molecule has 1 unspecified atom stereocenters. The van der Waals surface area contributed by atoms with Gasteiger partial charge in [-0.25, -0.2) is 0 Å². The SMILES string of the molecule is NC(=O)C1CNCC(O)(O)C1. The molecule has 0 bridgehead atoms. The molecule has 1 amide bonds. The van der Waals surface area contributed by atoms with Gasteiger partial charge in [0.2, 0.25) is 5.91 Å². The van der Waals surface area contributed by atoms with Gasteiger partial charge in [-0.1, -0.05) is 0 Å². The van der Waals surface area contributed by atoms with Crippen molar-refractivity contribution in [3.63, 3.8) is 0 Å². The summed E-state index contributed by atoms with van der Waals surface area (Å²) in [5, 5.41) is 20.9. The second kappa shape index (κ2) is 2.77. The van der Waals surface area contributed by atoms with E-state index in [0.29, 0.717) is 6.54 Å². The first-order chi connectivity index (χ1) is 5.01. The van der Waals surface area contributed by atoms with Crippen molar-refractivity contribution in [2.45, 2.75) is 12.2 Å². The Kier molecular flexibility index (Phi) is 2.12.